The molecule has 3 rings (SSSR count). The average molecular weight is 309 g/mol. The predicted octanol–water partition coefficient (Wildman–Crippen LogP) is 2.16. The summed E-state index contributed by atoms with van der Waals surface area (Å²) >= 11 is 1.45. The Labute approximate surface area is 121 Å². The quantitative estimate of drug-likeness (QED) is 0.854. The molecule has 0 unspecified atom stereocenters. The van der Waals surface area contributed by atoms with Crippen LogP contribution >= 0.6 is 11.3 Å². The summed E-state index contributed by atoms with van der Waals surface area (Å²) in [6.07, 6.45) is 0.537. The number of carbonyl (C=O) groups excluding carboxylic acids is 1. The lowest BCUT2D eigenvalue weighted by Gasteiger charge is -2.22. The third-order valence-electron chi connectivity index (χ3n) is 3.71. The van der Waals surface area contributed by atoms with Crippen molar-refractivity contribution >= 4 is 37.2 Å². The minimum atomic E-state index is -2.97. The largest absolute Gasteiger partial charge is 0.337 e. The molecule has 0 bridgehead atoms. The topological polar surface area (TPSA) is 54.5 Å². The molecule has 2 aromatic rings. The number of fused-ring (bicyclic) bond motifs is 1. The van der Waals surface area contributed by atoms with Gasteiger partial charge in [-0.2, -0.15) is 0 Å². The molecule has 106 valence electrons. The van der Waals surface area contributed by atoms with Crippen LogP contribution in [-0.2, 0) is 9.84 Å². The first-order chi connectivity index (χ1) is 9.46. The third kappa shape index (κ3) is 2.45. The highest BCUT2D eigenvalue weighted by Crippen LogP contribution is 2.27. The Morgan fingerprint density at radius 1 is 1.35 bits per heavy atom. The smallest absolute Gasteiger partial charge is 0.263 e. The SMILES string of the molecule is CN(C(=O)c1cc2ccccc2s1)[C@@H]1CCS(=O)(=O)C1. The van der Waals surface area contributed by atoms with E-state index >= 15 is 0 Å². The fraction of sp³-hybridized carbons (Fsp3) is 0.357. The summed E-state index contributed by atoms with van der Waals surface area (Å²) in [6.45, 7) is 0. The minimum Gasteiger partial charge on any atom is -0.337 e. The normalized spacial score (nSPS) is 21.1. The van der Waals surface area contributed by atoms with E-state index in [1.807, 2.05) is 30.3 Å². The predicted molar refractivity (Wildman–Crippen MR) is 81.0 cm³/mol. The summed E-state index contributed by atoms with van der Waals surface area (Å²) in [7, 11) is -1.28. The van der Waals surface area contributed by atoms with Crippen LogP contribution < -0.4 is 0 Å². The molecule has 1 amide bonds. The second kappa shape index (κ2) is 4.86. The van der Waals surface area contributed by atoms with E-state index in [2.05, 4.69) is 0 Å². The Bertz CT molecular complexity index is 731. The van der Waals surface area contributed by atoms with E-state index in [0.29, 0.717) is 11.3 Å². The highest BCUT2D eigenvalue weighted by molar-refractivity contribution is 7.91. The maximum atomic E-state index is 12.5. The number of hydrogen-bond acceptors (Lipinski definition) is 4. The monoisotopic (exact) mass is 309 g/mol. The molecule has 1 aliphatic rings. The molecule has 1 saturated heterocycles. The summed E-state index contributed by atoms with van der Waals surface area (Å²) in [5.41, 5.74) is 0. The summed E-state index contributed by atoms with van der Waals surface area (Å²) in [6, 6.07) is 9.52. The molecule has 0 aliphatic carbocycles. The molecule has 0 radical (unpaired) electrons. The fourth-order valence-corrected chi connectivity index (χ4v) is 5.33. The van der Waals surface area contributed by atoms with Crippen molar-refractivity contribution in [1.82, 2.24) is 4.90 Å². The van der Waals surface area contributed by atoms with Crippen LogP contribution in [-0.4, -0.2) is 43.8 Å². The molecule has 20 heavy (non-hydrogen) atoms. The molecule has 0 N–H and O–H groups in total. The molecule has 6 heteroatoms. The molecule has 1 fully saturated rings. The summed E-state index contributed by atoms with van der Waals surface area (Å²) in [5, 5.41) is 1.05. The van der Waals surface area contributed by atoms with Crippen molar-refractivity contribution in [1.29, 1.82) is 0 Å². The molecule has 1 aliphatic heterocycles. The fourth-order valence-electron chi connectivity index (χ4n) is 2.51. The standard InChI is InChI=1S/C14H15NO3S2/c1-15(11-6-7-20(17,18)9-11)14(16)13-8-10-4-2-3-5-12(10)19-13/h2-5,8,11H,6-7,9H2,1H3/t11-/m1/s1. The number of hydrogen-bond donors (Lipinski definition) is 0. The van der Waals surface area contributed by atoms with Crippen molar-refractivity contribution < 1.29 is 13.2 Å². The van der Waals surface area contributed by atoms with Gasteiger partial charge in [-0.1, -0.05) is 18.2 Å². The lowest BCUT2D eigenvalue weighted by atomic mass is 10.2. The van der Waals surface area contributed by atoms with Crippen molar-refractivity contribution in [3.63, 3.8) is 0 Å². The van der Waals surface area contributed by atoms with E-state index in [4.69, 9.17) is 0 Å². The molecule has 0 saturated carbocycles. The van der Waals surface area contributed by atoms with Gasteiger partial charge >= 0.3 is 0 Å². The van der Waals surface area contributed by atoms with Gasteiger partial charge in [-0.3, -0.25) is 4.79 Å². The highest BCUT2D eigenvalue weighted by atomic mass is 32.2. The number of nitrogens with zero attached hydrogens (tertiary/aromatic N) is 1. The van der Waals surface area contributed by atoms with Crippen molar-refractivity contribution in [3.8, 4) is 0 Å². The molecule has 4 nitrogen and oxygen atoms in total. The summed E-state index contributed by atoms with van der Waals surface area (Å²) < 4.78 is 24.1. The number of amides is 1. The van der Waals surface area contributed by atoms with Gasteiger partial charge < -0.3 is 4.90 Å². The van der Waals surface area contributed by atoms with Crippen LogP contribution in [0.3, 0.4) is 0 Å². The van der Waals surface area contributed by atoms with Gasteiger partial charge in [0.25, 0.3) is 5.91 Å². The molecule has 1 aromatic heterocycles. The van der Waals surface area contributed by atoms with Crippen LogP contribution in [0.4, 0.5) is 0 Å². The molecule has 1 aromatic carbocycles. The van der Waals surface area contributed by atoms with Crippen LogP contribution in [0.2, 0.25) is 0 Å². The van der Waals surface area contributed by atoms with Crippen LogP contribution in [0.15, 0.2) is 30.3 Å². The Morgan fingerprint density at radius 3 is 2.75 bits per heavy atom. The van der Waals surface area contributed by atoms with Gasteiger partial charge in [-0.05, 0) is 23.9 Å². The van der Waals surface area contributed by atoms with Crippen LogP contribution in [0.25, 0.3) is 10.1 Å². The number of rotatable bonds is 2. The second-order valence-corrected chi connectivity index (χ2v) is 8.43. The maximum absolute atomic E-state index is 12.5. The van der Waals surface area contributed by atoms with Crippen molar-refractivity contribution in [3.05, 3.63) is 35.2 Å². The second-order valence-electron chi connectivity index (χ2n) is 5.12. The van der Waals surface area contributed by atoms with E-state index in [-0.39, 0.29) is 23.5 Å². The van der Waals surface area contributed by atoms with Crippen LogP contribution in [0, 0.1) is 0 Å². The Balaban J connectivity index is 1.85. The zero-order chi connectivity index (χ0) is 14.3. The van der Waals surface area contributed by atoms with Crippen molar-refractivity contribution in [2.24, 2.45) is 0 Å². The van der Waals surface area contributed by atoms with Crippen molar-refractivity contribution in [2.45, 2.75) is 12.5 Å². The zero-order valence-corrected chi connectivity index (χ0v) is 12.7. The Kier molecular flexibility index (Phi) is 3.30. The van der Waals surface area contributed by atoms with Gasteiger partial charge in [0.15, 0.2) is 9.84 Å². The van der Waals surface area contributed by atoms with Crippen LogP contribution in [0.5, 0.6) is 0 Å². The Morgan fingerprint density at radius 2 is 2.10 bits per heavy atom. The third-order valence-corrected chi connectivity index (χ3v) is 6.57. The number of thiophene rings is 1. The van der Waals surface area contributed by atoms with Gasteiger partial charge in [-0.25, -0.2) is 8.42 Å². The van der Waals surface area contributed by atoms with Gasteiger partial charge in [0.2, 0.25) is 0 Å². The van der Waals surface area contributed by atoms with E-state index in [0.717, 1.165) is 10.1 Å². The van der Waals surface area contributed by atoms with Crippen molar-refractivity contribution in [2.75, 3.05) is 18.6 Å². The molecule has 2 heterocycles. The highest BCUT2D eigenvalue weighted by Gasteiger charge is 2.33. The lowest BCUT2D eigenvalue weighted by molar-refractivity contribution is 0.0752. The molecular formula is C14H15NO3S2. The average Bonchev–Trinajstić information content (AvgIpc) is 3.00. The number of sulfone groups is 1. The number of carbonyl (C=O) groups is 1. The molecule has 0 spiro atoms. The van der Waals surface area contributed by atoms with Gasteiger partial charge in [0.05, 0.1) is 16.4 Å². The minimum absolute atomic E-state index is 0.0835. The first kappa shape index (κ1) is 13.6. The van der Waals surface area contributed by atoms with E-state index in [9.17, 15) is 13.2 Å². The van der Waals surface area contributed by atoms with E-state index in [1.54, 1.807) is 11.9 Å². The number of benzene rings is 1. The summed E-state index contributed by atoms with van der Waals surface area (Å²) in [5.74, 6) is 0.176. The molecular weight excluding hydrogens is 294 g/mol. The van der Waals surface area contributed by atoms with Gasteiger partial charge in [-0.15, -0.1) is 11.3 Å². The first-order valence-corrected chi connectivity index (χ1v) is 9.06. The van der Waals surface area contributed by atoms with E-state index < -0.39 is 9.84 Å². The van der Waals surface area contributed by atoms with Crippen LogP contribution in [0.1, 0.15) is 16.1 Å². The van der Waals surface area contributed by atoms with E-state index in [1.165, 1.54) is 11.3 Å². The Hall–Kier alpha value is -1.40. The first-order valence-electron chi connectivity index (χ1n) is 6.42. The molecule has 1 atom stereocenters. The maximum Gasteiger partial charge on any atom is 0.263 e. The zero-order valence-electron chi connectivity index (χ0n) is 11.1. The van der Waals surface area contributed by atoms with Gasteiger partial charge in [0.1, 0.15) is 0 Å². The summed E-state index contributed by atoms with van der Waals surface area (Å²) in [4.78, 5) is 14.7. The van der Waals surface area contributed by atoms with Gasteiger partial charge in [0, 0.05) is 17.8 Å². The lowest BCUT2D eigenvalue weighted by Crippen LogP contribution is -2.37.